The molecule has 0 unspecified atom stereocenters. The molecule has 31 heavy (non-hydrogen) atoms. The number of hydrogen-bond acceptors (Lipinski definition) is 5. The van der Waals surface area contributed by atoms with Crippen LogP contribution in [0.1, 0.15) is 40.9 Å². The molecule has 0 spiro atoms. The van der Waals surface area contributed by atoms with Crippen molar-refractivity contribution < 1.29 is 9.21 Å². The predicted molar refractivity (Wildman–Crippen MR) is 122 cm³/mol. The largest absolute Gasteiger partial charge is 0.459 e. The van der Waals surface area contributed by atoms with Crippen LogP contribution in [0.2, 0.25) is 0 Å². The first kappa shape index (κ1) is 20.2. The normalized spacial score (nSPS) is 17.5. The lowest BCUT2D eigenvalue weighted by Crippen LogP contribution is -2.41. The smallest absolute Gasteiger partial charge is 0.163 e. The number of pyridine rings is 1. The quantitative estimate of drug-likeness (QED) is 0.606. The van der Waals surface area contributed by atoms with Crippen molar-refractivity contribution in [2.24, 2.45) is 0 Å². The molecule has 0 N–H and O–H groups in total. The van der Waals surface area contributed by atoms with Gasteiger partial charge in [-0.05, 0) is 70.2 Å². The van der Waals surface area contributed by atoms with Gasteiger partial charge in [-0.1, -0.05) is 18.2 Å². The van der Waals surface area contributed by atoms with Gasteiger partial charge in [0, 0.05) is 47.1 Å². The Labute approximate surface area is 183 Å². The molecule has 1 aliphatic heterocycles. The van der Waals surface area contributed by atoms with Crippen LogP contribution in [0.3, 0.4) is 0 Å². The molecule has 3 heterocycles. The Hall–Kier alpha value is -2.76. The van der Waals surface area contributed by atoms with Crippen LogP contribution in [0.4, 0.5) is 0 Å². The van der Waals surface area contributed by atoms with Gasteiger partial charge in [0.1, 0.15) is 11.5 Å². The summed E-state index contributed by atoms with van der Waals surface area (Å²) < 4.78 is 6.46. The number of nitrogens with zero attached hydrogens (tertiary/aromatic N) is 3. The first-order valence-corrected chi connectivity index (χ1v) is 11.2. The van der Waals surface area contributed by atoms with Gasteiger partial charge in [0.15, 0.2) is 5.78 Å². The monoisotopic (exact) mass is 415 g/mol. The average molecular weight is 416 g/mol. The first-order chi connectivity index (χ1) is 15.1. The van der Waals surface area contributed by atoms with Crippen LogP contribution in [0.15, 0.2) is 53.2 Å². The highest BCUT2D eigenvalue weighted by atomic mass is 16.3. The number of fused-ring (bicyclic) bond motifs is 1. The van der Waals surface area contributed by atoms with Crippen LogP contribution in [-0.4, -0.2) is 53.8 Å². The van der Waals surface area contributed by atoms with Crippen molar-refractivity contribution in [3.8, 4) is 22.5 Å². The lowest BCUT2D eigenvalue weighted by atomic mass is 10.00. The SMILES string of the molecule is CN1CCC(N(C)Cc2cc(-c3cccnc3)c(-c3ccc4c(c3)CCC4=O)o2)CC1. The van der Waals surface area contributed by atoms with Crippen LogP contribution >= 0.6 is 0 Å². The van der Waals surface area contributed by atoms with Crippen molar-refractivity contribution >= 4 is 5.78 Å². The summed E-state index contributed by atoms with van der Waals surface area (Å²) in [6.45, 7) is 3.07. The molecule has 0 atom stereocenters. The van der Waals surface area contributed by atoms with Gasteiger partial charge in [-0.2, -0.15) is 0 Å². The third kappa shape index (κ3) is 4.08. The van der Waals surface area contributed by atoms with Crippen molar-refractivity contribution in [1.29, 1.82) is 0 Å². The Morgan fingerprint density at radius 3 is 2.71 bits per heavy atom. The zero-order valence-corrected chi connectivity index (χ0v) is 18.3. The van der Waals surface area contributed by atoms with Gasteiger partial charge in [0.2, 0.25) is 0 Å². The second kappa shape index (κ2) is 8.40. The number of furan rings is 1. The molecule has 5 rings (SSSR count). The summed E-state index contributed by atoms with van der Waals surface area (Å²) in [4.78, 5) is 21.2. The van der Waals surface area contributed by atoms with E-state index >= 15 is 0 Å². The molecule has 0 saturated carbocycles. The Balaban J connectivity index is 1.47. The number of ketones is 1. The maximum atomic E-state index is 12.1. The highest BCUT2D eigenvalue weighted by molar-refractivity contribution is 6.01. The minimum Gasteiger partial charge on any atom is -0.459 e. The second-order valence-electron chi connectivity index (χ2n) is 8.94. The summed E-state index contributed by atoms with van der Waals surface area (Å²) in [7, 11) is 4.39. The van der Waals surface area contributed by atoms with E-state index in [9.17, 15) is 4.79 Å². The Morgan fingerprint density at radius 2 is 1.94 bits per heavy atom. The summed E-state index contributed by atoms with van der Waals surface area (Å²) in [5.74, 6) is 2.07. The molecule has 2 aliphatic rings. The molecule has 1 fully saturated rings. The standard InChI is InChI=1S/C26H29N3O2/c1-28-12-9-21(10-13-28)29(2)17-22-15-24(20-4-3-11-27-16-20)26(31-22)19-5-7-23-18(14-19)6-8-25(23)30/h3-5,7,11,14-16,21H,6,8-10,12-13,17H2,1-2H3. The molecule has 5 nitrogen and oxygen atoms in total. The molecule has 1 aliphatic carbocycles. The topological polar surface area (TPSA) is 49.6 Å². The van der Waals surface area contributed by atoms with Crippen LogP contribution < -0.4 is 0 Å². The zero-order chi connectivity index (χ0) is 21.4. The van der Waals surface area contributed by atoms with Crippen molar-refractivity contribution in [3.05, 3.63) is 65.7 Å². The van der Waals surface area contributed by atoms with Gasteiger partial charge in [-0.3, -0.25) is 14.7 Å². The minimum absolute atomic E-state index is 0.244. The summed E-state index contributed by atoms with van der Waals surface area (Å²) in [6, 6.07) is 12.9. The van der Waals surface area contributed by atoms with E-state index in [1.54, 1.807) is 6.20 Å². The lowest BCUT2D eigenvalue weighted by Gasteiger charge is -2.34. The number of piperidine rings is 1. The third-order valence-electron chi connectivity index (χ3n) is 6.76. The summed E-state index contributed by atoms with van der Waals surface area (Å²) in [6.07, 6.45) is 7.48. The molecule has 0 bridgehead atoms. The number of hydrogen-bond donors (Lipinski definition) is 0. The maximum absolute atomic E-state index is 12.1. The molecule has 3 aromatic rings. The van der Waals surface area contributed by atoms with Crippen LogP contribution in [0.5, 0.6) is 0 Å². The first-order valence-electron chi connectivity index (χ1n) is 11.2. The van der Waals surface area contributed by atoms with Crippen molar-refractivity contribution in [2.45, 2.75) is 38.3 Å². The van der Waals surface area contributed by atoms with E-state index in [0.717, 1.165) is 65.4 Å². The molecule has 5 heteroatoms. The van der Waals surface area contributed by atoms with Crippen molar-refractivity contribution in [1.82, 2.24) is 14.8 Å². The second-order valence-corrected chi connectivity index (χ2v) is 8.94. The minimum atomic E-state index is 0.244. The van der Waals surface area contributed by atoms with Crippen molar-refractivity contribution in [3.63, 3.8) is 0 Å². The molecule has 0 radical (unpaired) electrons. The van der Waals surface area contributed by atoms with Crippen LogP contribution in [0.25, 0.3) is 22.5 Å². The van der Waals surface area contributed by atoms with E-state index in [-0.39, 0.29) is 5.78 Å². The fraction of sp³-hybridized carbons (Fsp3) is 0.385. The fourth-order valence-electron chi connectivity index (χ4n) is 4.88. The lowest BCUT2D eigenvalue weighted by molar-refractivity contribution is 0.0994. The number of aromatic nitrogens is 1. The summed E-state index contributed by atoms with van der Waals surface area (Å²) >= 11 is 0. The third-order valence-corrected chi connectivity index (χ3v) is 6.76. The van der Waals surface area contributed by atoms with E-state index < -0.39 is 0 Å². The van der Waals surface area contributed by atoms with Crippen molar-refractivity contribution in [2.75, 3.05) is 27.2 Å². The molecule has 1 saturated heterocycles. The number of rotatable bonds is 5. The number of benzene rings is 1. The van der Waals surface area contributed by atoms with E-state index in [0.29, 0.717) is 12.5 Å². The van der Waals surface area contributed by atoms with Gasteiger partial charge in [0.05, 0.1) is 6.54 Å². The molecule has 2 aromatic heterocycles. The van der Waals surface area contributed by atoms with E-state index in [1.165, 1.54) is 12.8 Å². The van der Waals surface area contributed by atoms with Gasteiger partial charge in [0.25, 0.3) is 0 Å². The molecular weight excluding hydrogens is 386 g/mol. The van der Waals surface area contributed by atoms with Crippen LogP contribution in [0, 0.1) is 0 Å². The van der Waals surface area contributed by atoms with Gasteiger partial charge in [-0.25, -0.2) is 0 Å². The molecule has 160 valence electrons. The van der Waals surface area contributed by atoms with E-state index in [4.69, 9.17) is 4.42 Å². The summed E-state index contributed by atoms with van der Waals surface area (Å²) in [5.41, 5.74) is 5.12. The summed E-state index contributed by atoms with van der Waals surface area (Å²) in [5, 5.41) is 0. The number of likely N-dealkylation sites (tertiary alicyclic amines) is 1. The van der Waals surface area contributed by atoms with E-state index in [2.05, 4.69) is 47.1 Å². The number of carbonyl (C=O) groups excluding carboxylic acids is 1. The average Bonchev–Trinajstić information content (AvgIpc) is 3.38. The van der Waals surface area contributed by atoms with Gasteiger partial charge in [-0.15, -0.1) is 0 Å². The predicted octanol–water partition coefficient (Wildman–Crippen LogP) is 4.66. The number of carbonyl (C=O) groups is 1. The molecular formula is C26H29N3O2. The van der Waals surface area contributed by atoms with Gasteiger partial charge >= 0.3 is 0 Å². The Kier molecular flexibility index (Phi) is 5.47. The fourth-order valence-corrected chi connectivity index (χ4v) is 4.88. The molecule has 1 aromatic carbocycles. The van der Waals surface area contributed by atoms with E-state index in [1.807, 2.05) is 24.4 Å². The Morgan fingerprint density at radius 1 is 1.10 bits per heavy atom. The Bertz CT molecular complexity index is 1080. The highest BCUT2D eigenvalue weighted by Gasteiger charge is 2.24. The number of aryl methyl sites for hydroxylation is 1. The van der Waals surface area contributed by atoms with Crippen LogP contribution in [-0.2, 0) is 13.0 Å². The number of Topliss-reactive ketones (excluding diaryl/α,β-unsaturated/α-hetero) is 1. The molecule has 0 amide bonds. The maximum Gasteiger partial charge on any atom is 0.163 e. The zero-order valence-electron chi connectivity index (χ0n) is 18.3. The highest BCUT2D eigenvalue weighted by Crippen LogP contribution is 2.37. The van der Waals surface area contributed by atoms with Gasteiger partial charge < -0.3 is 9.32 Å².